The number of H-pyrrole nitrogens is 1. The van der Waals surface area contributed by atoms with Gasteiger partial charge in [0, 0.05) is 11.3 Å². The minimum atomic E-state index is -4.41. The van der Waals surface area contributed by atoms with Crippen molar-refractivity contribution in [3.63, 3.8) is 0 Å². The van der Waals surface area contributed by atoms with Crippen LogP contribution in [0.15, 0.2) is 24.3 Å². The molecular weight excluding hydrogens is 275 g/mol. The van der Waals surface area contributed by atoms with Gasteiger partial charge in [0.2, 0.25) is 0 Å². The molecule has 20 heavy (non-hydrogen) atoms. The van der Waals surface area contributed by atoms with Gasteiger partial charge in [0.25, 0.3) is 0 Å². The number of carbonyl (C=O) groups excluding carboxylic acids is 1. The number of aromatic nitrogens is 2. The van der Waals surface area contributed by atoms with Crippen molar-refractivity contribution < 1.29 is 23.1 Å². The number of benzene rings is 1. The van der Waals surface area contributed by atoms with E-state index in [0.29, 0.717) is 11.3 Å². The number of nitrogens with zero attached hydrogens (tertiary/aromatic N) is 1. The third-order valence-corrected chi connectivity index (χ3v) is 2.56. The fourth-order valence-electron chi connectivity index (χ4n) is 1.66. The molecule has 8 heteroatoms. The van der Waals surface area contributed by atoms with E-state index in [0.717, 1.165) is 12.1 Å². The molecule has 0 aliphatic carbocycles. The number of quaternary nitrogens is 1. The van der Waals surface area contributed by atoms with Crippen LogP contribution in [-0.4, -0.2) is 15.9 Å². The molecular formula is C12H12F3N3O2. The van der Waals surface area contributed by atoms with Crippen LogP contribution in [0.4, 0.5) is 13.2 Å². The predicted molar refractivity (Wildman–Crippen MR) is 64.1 cm³/mol. The van der Waals surface area contributed by atoms with Gasteiger partial charge >= 0.3 is 6.18 Å². The second-order valence-electron chi connectivity index (χ2n) is 3.92. The molecule has 1 aromatic heterocycles. The standard InChI is InChI=1S/C12H9F3N2O2.H3N/c1-6-9(17-10(16-6)11(18)19)7-2-4-8(5-3-7)12(13,14)15;/h2-5H,1H3,(H,16,17)(H,18,19);1H3. The zero-order valence-electron chi connectivity index (χ0n) is 10.7. The van der Waals surface area contributed by atoms with Gasteiger partial charge in [0.15, 0.2) is 5.82 Å². The molecule has 0 fully saturated rings. The van der Waals surface area contributed by atoms with Crippen LogP contribution in [0.5, 0.6) is 0 Å². The summed E-state index contributed by atoms with van der Waals surface area (Å²) in [5, 5.41) is 10.6. The Kier molecular flexibility index (Phi) is 4.19. The molecule has 0 unspecified atom stereocenters. The summed E-state index contributed by atoms with van der Waals surface area (Å²) >= 11 is 0. The average molecular weight is 287 g/mol. The number of halogens is 3. The van der Waals surface area contributed by atoms with Crippen molar-refractivity contribution in [2.75, 3.05) is 0 Å². The van der Waals surface area contributed by atoms with E-state index >= 15 is 0 Å². The average Bonchev–Trinajstić information content (AvgIpc) is 2.70. The molecule has 5 nitrogen and oxygen atoms in total. The van der Waals surface area contributed by atoms with Crippen molar-refractivity contribution in [3.8, 4) is 11.3 Å². The molecule has 0 spiro atoms. The van der Waals surface area contributed by atoms with Gasteiger partial charge in [-0.1, -0.05) is 12.1 Å². The number of hydrogen-bond donors (Lipinski definition) is 2. The fraction of sp³-hybridized carbons (Fsp3) is 0.167. The van der Waals surface area contributed by atoms with Crippen LogP contribution in [0.2, 0.25) is 0 Å². The molecule has 0 radical (unpaired) electrons. The molecule has 1 aromatic carbocycles. The normalized spacial score (nSPS) is 11.0. The summed E-state index contributed by atoms with van der Waals surface area (Å²) in [6.45, 7) is 1.58. The van der Waals surface area contributed by atoms with Gasteiger partial charge in [0.1, 0.15) is 5.97 Å². The third-order valence-electron chi connectivity index (χ3n) is 2.56. The lowest BCUT2D eigenvalue weighted by Gasteiger charge is -2.06. The Morgan fingerprint density at radius 2 is 1.80 bits per heavy atom. The minimum absolute atomic E-state index is 0. The van der Waals surface area contributed by atoms with E-state index < -0.39 is 17.7 Å². The molecule has 2 aromatic rings. The van der Waals surface area contributed by atoms with Crippen molar-refractivity contribution in [3.05, 3.63) is 41.3 Å². The second-order valence-corrected chi connectivity index (χ2v) is 3.92. The topological polar surface area (TPSA) is 105 Å². The predicted octanol–water partition coefficient (Wildman–Crippen LogP) is 2.14. The first-order valence-electron chi connectivity index (χ1n) is 5.24. The highest BCUT2D eigenvalue weighted by Gasteiger charge is 2.30. The SMILES string of the molecule is Cc1[nH]c(C(=O)[O-])nc1-c1ccc(C(F)(F)F)cc1.[NH4+]. The molecule has 0 aliphatic rings. The molecule has 0 saturated carbocycles. The van der Waals surface area contributed by atoms with Crippen LogP contribution in [0.1, 0.15) is 21.9 Å². The summed E-state index contributed by atoms with van der Waals surface area (Å²) in [5.74, 6) is -1.83. The van der Waals surface area contributed by atoms with E-state index in [4.69, 9.17) is 0 Å². The number of imidazole rings is 1. The number of carbonyl (C=O) groups is 1. The number of aromatic amines is 1. The van der Waals surface area contributed by atoms with Crippen LogP contribution < -0.4 is 11.3 Å². The number of nitrogens with one attached hydrogen (secondary N) is 1. The van der Waals surface area contributed by atoms with Gasteiger partial charge in [-0.05, 0) is 19.1 Å². The van der Waals surface area contributed by atoms with Crippen LogP contribution in [0, 0.1) is 6.92 Å². The van der Waals surface area contributed by atoms with Crippen molar-refractivity contribution in [2.45, 2.75) is 13.1 Å². The number of aryl methyl sites for hydroxylation is 1. The first kappa shape index (κ1) is 15.7. The fourth-order valence-corrected chi connectivity index (χ4v) is 1.66. The Hall–Kier alpha value is -2.35. The second kappa shape index (κ2) is 5.33. The first-order valence-corrected chi connectivity index (χ1v) is 5.24. The summed E-state index contributed by atoms with van der Waals surface area (Å²) in [7, 11) is 0. The Morgan fingerprint density at radius 3 is 2.20 bits per heavy atom. The van der Waals surface area contributed by atoms with Crippen molar-refractivity contribution in [2.24, 2.45) is 0 Å². The molecule has 0 aliphatic heterocycles. The van der Waals surface area contributed by atoms with E-state index in [1.807, 2.05) is 0 Å². The van der Waals surface area contributed by atoms with E-state index in [9.17, 15) is 23.1 Å². The molecule has 0 bridgehead atoms. The van der Waals surface area contributed by atoms with Crippen molar-refractivity contribution in [1.29, 1.82) is 0 Å². The lowest BCUT2D eigenvalue weighted by molar-refractivity contribution is -0.256. The number of carboxylic acids is 1. The highest BCUT2D eigenvalue weighted by atomic mass is 19.4. The maximum atomic E-state index is 12.4. The Labute approximate surface area is 112 Å². The monoisotopic (exact) mass is 287 g/mol. The molecule has 0 amide bonds. The Morgan fingerprint density at radius 1 is 1.25 bits per heavy atom. The third kappa shape index (κ3) is 2.97. The van der Waals surface area contributed by atoms with Gasteiger partial charge in [-0.2, -0.15) is 13.2 Å². The number of alkyl halides is 3. The summed E-state index contributed by atoms with van der Waals surface area (Å²) < 4.78 is 37.2. The largest absolute Gasteiger partial charge is 0.542 e. The molecule has 108 valence electrons. The Bertz CT molecular complexity index is 618. The summed E-state index contributed by atoms with van der Waals surface area (Å²) in [6, 6.07) is 4.32. The first-order chi connectivity index (χ1) is 8.79. The minimum Gasteiger partial charge on any atom is -0.542 e. The van der Waals surface area contributed by atoms with Crippen LogP contribution >= 0.6 is 0 Å². The molecule has 0 atom stereocenters. The molecule has 1 heterocycles. The Balaban J connectivity index is 0.00000200. The quantitative estimate of drug-likeness (QED) is 0.883. The van der Waals surface area contributed by atoms with Gasteiger partial charge in [0.05, 0.1) is 11.3 Å². The van der Waals surface area contributed by atoms with Gasteiger partial charge in [-0.15, -0.1) is 0 Å². The lowest BCUT2D eigenvalue weighted by atomic mass is 10.1. The molecule has 0 saturated heterocycles. The van der Waals surface area contributed by atoms with E-state index in [1.54, 1.807) is 6.92 Å². The summed E-state index contributed by atoms with van der Waals surface area (Å²) in [4.78, 5) is 16.9. The van der Waals surface area contributed by atoms with E-state index in [1.165, 1.54) is 12.1 Å². The van der Waals surface area contributed by atoms with Gasteiger partial charge in [-0.3, -0.25) is 0 Å². The van der Waals surface area contributed by atoms with E-state index in [-0.39, 0.29) is 17.7 Å². The van der Waals surface area contributed by atoms with E-state index in [2.05, 4.69) is 9.97 Å². The highest BCUT2D eigenvalue weighted by molar-refractivity contribution is 5.83. The summed E-state index contributed by atoms with van der Waals surface area (Å²) in [5.41, 5.74) is 0.352. The number of aromatic carboxylic acids is 1. The highest BCUT2D eigenvalue weighted by Crippen LogP contribution is 2.31. The van der Waals surface area contributed by atoms with Gasteiger partial charge < -0.3 is 21.0 Å². The maximum absolute atomic E-state index is 12.4. The van der Waals surface area contributed by atoms with Gasteiger partial charge in [-0.25, -0.2) is 4.98 Å². The molecule has 5 N–H and O–H groups in total. The zero-order valence-corrected chi connectivity index (χ0v) is 10.7. The smallest absolute Gasteiger partial charge is 0.416 e. The molecule has 2 rings (SSSR count). The number of carboxylic acid groups (broad SMARTS) is 1. The maximum Gasteiger partial charge on any atom is 0.416 e. The van der Waals surface area contributed by atoms with Crippen molar-refractivity contribution >= 4 is 5.97 Å². The van der Waals surface area contributed by atoms with Crippen LogP contribution in [0.25, 0.3) is 11.3 Å². The number of rotatable bonds is 2. The van der Waals surface area contributed by atoms with Crippen LogP contribution in [-0.2, 0) is 6.18 Å². The summed E-state index contributed by atoms with van der Waals surface area (Å²) in [6.07, 6.45) is -4.41. The lowest BCUT2D eigenvalue weighted by Crippen LogP contribution is -2.23. The zero-order chi connectivity index (χ0) is 14.2. The van der Waals surface area contributed by atoms with Crippen molar-refractivity contribution in [1.82, 2.24) is 16.1 Å². The number of hydrogen-bond acceptors (Lipinski definition) is 3. The van der Waals surface area contributed by atoms with Crippen LogP contribution in [0.3, 0.4) is 0 Å².